The number of sulfonamides is 1. The minimum absolute atomic E-state index is 0.0574. The number of piperidine rings is 1. The van der Waals surface area contributed by atoms with Gasteiger partial charge in [-0.05, 0) is 80.5 Å². The van der Waals surface area contributed by atoms with Crippen molar-refractivity contribution in [3.8, 4) is 11.5 Å². The van der Waals surface area contributed by atoms with E-state index in [1.165, 1.54) is 5.56 Å². The number of amides is 1. The molecular formula is C26H36N2O5S. The Morgan fingerprint density at radius 2 is 1.76 bits per heavy atom. The van der Waals surface area contributed by atoms with Crippen LogP contribution in [0.2, 0.25) is 0 Å². The number of hydrogen-bond donors (Lipinski definition) is 1. The summed E-state index contributed by atoms with van der Waals surface area (Å²) in [5, 5.41) is 2.96. The minimum atomic E-state index is -3.53. The lowest BCUT2D eigenvalue weighted by Crippen LogP contribution is -2.35. The predicted octanol–water partition coefficient (Wildman–Crippen LogP) is 3.95. The Kier molecular flexibility index (Phi) is 9.77. The summed E-state index contributed by atoms with van der Waals surface area (Å²) >= 11 is 0. The number of ether oxygens (including phenoxy) is 2. The van der Waals surface area contributed by atoms with Gasteiger partial charge in [0.1, 0.15) is 11.5 Å². The maximum Gasteiger partial charge on any atom is 0.243 e. The van der Waals surface area contributed by atoms with Crippen molar-refractivity contribution in [2.75, 3.05) is 33.4 Å². The lowest BCUT2D eigenvalue weighted by atomic mass is 10.1. The van der Waals surface area contributed by atoms with Gasteiger partial charge in [-0.2, -0.15) is 4.31 Å². The van der Waals surface area contributed by atoms with Gasteiger partial charge in [0, 0.05) is 26.1 Å². The molecule has 0 aromatic heterocycles. The second kappa shape index (κ2) is 12.8. The van der Waals surface area contributed by atoms with Crippen molar-refractivity contribution in [1.82, 2.24) is 9.62 Å². The lowest BCUT2D eigenvalue weighted by molar-refractivity contribution is -0.121. The Bertz CT molecular complexity index is 1030. The Labute approximate surface area is 203 Å². The molecule has 0 bridgehead atoms. The number of benzene rings is 2. The summed E-state index contributed by atoms with van der Waals surface area (Å²) < 4.78 is 38.5. The predicted molar refractivity (Wildman–Crippen MR) is 133 cm³/mol. The van der Waals surface area contributed by atoms with Crippen molar-refractivity contribution in [3.63, 3.8) is 0 Å². The van der Waals surface area contributed by atoms with Crippen LogP contribution in [0.5, 0.6) is 11.5 Å². The summed E-state index contributed by atoms with van der Waals surface area (Å²) in [5.74, 6) is 1.40. The maximum atomic E-state index is 13.0. The summed E-state index contributed by atoms with van der Waals surface area (Å²) in [7, 11) is -1.97. The fourth-order valence-electron chi connectivity index (χ4n) is 4.14. The van der Waals surface area contributed by atoms with E-state index in [4.69, 9.17) is 9.47 Å². The number of nitrogens with zero attached hydrogens (tertiary/aromatic N) is 1. The van der Waals surface area contributed by atoms with Crippen LogP contribution in [-0.2, 0) is 27.7 Å². The summed E-state index contributed by atoms with van der Waals surface area (Å²) in [6.45, 7) is 4.31. The minimum Gasteiger partial charge on any atom is -0.496 e. The number of carbonyl (C=O) groups is 1. The Morgan fingerprint density at radius 3 is 2.44 bits per heavy atom. The zero-order valence-corrected chi connectivity index (χ0v) is 21.0. The molecule has 1 amide bonds. The highest BCUT2D eigenvalue weighted by Gasteiger charge is 2.26. The molecule has 0 atom stereocenters. The van der Waals surface area contributed by atoms with E-state index in [1.807, 2.05) is 31.2 Å². The van der Waals surface area contributed by atoms with E-state index in [1.54, 1.807) is 29.6 Å². The van der Waals surface area contributed by atoms with Crippen LogP contribution in [0.15, 0.2) is 47.4 Å². The van der Waals surface area contributed by atoms with Crippen LogP contribution in [0.25, 0.3) is 0 Å². The quantitative estimate of drug-likeness (QED) is 0.457. The molecular weight excluding hydrogens is 452 g/mol. The van der Waals surface area contributed by atoms with Crippen molar-refractivity contribution in [2.24, 2.45) is 0 Å². The molecule has 2 aromatic rings. The third-order valence-corrected chi connectivity index (χ3v) is 7.92. The molecule has 1 saturated heterocycles. The molecule has 1 N–H and O–H groups in total. The van der Waals surface area contributed by atoms with E-state index in [-0.39, 0.29) is 17.2 Å². The first-order valence-corrected chi connectivity index (χ1v) is 13.5. The van der Waals surface area contributed by atoms with Crippen LogP contribution >= 0.6 is 0 Å². The second-order valence-electron chi connectivity index (χ2n) is 8.47. The van der Waals surface area contributed by atoms with Gasteiger partial charge in [-0.25, -0.2) is 8.42 Å². The largest absolute Gasteiger partial charge is 0.496 e. The van der Waals surface area contributed by atoms with Crippen LogP contribution in [0.3, 0.4) is 0 Å². The topological polar surface area (TPSA) is 84.9 Å². The van der Waals surface area contributed by atoms with Gasteiger partial charge in [0.25, 0.3) is 0 Å². The smallest absolute Gasteiger partial charge is 0.243 e. The molecule has 0 radical (unpaired) electrons. The van der Waals surface area contributed by atoms with Crippen molar-refractivity contribution in [3.05, 3.63) is 53.6 Å². The SMILES string of the molecule is CCOc1ccc(CCCNC(=O)CCc2cc(S(=O)(=O)N3CCCCC3)ccc2OC)cc1. The van der Waals surface area contributed by atoms with Gasteiger partial charge in [-0.1, -0.05) is 18.6 Å². The third-order valence-electron chi connectivity index (χ3n) is 6.02. The normalized spacial score (nSPS) is 14.5. The number of aryl methyl sites for hydroxylation is 2. The monoisotopic (exact) mass is 488 g/mol. The number of rotatable bonds is 12. The van der Waals surface area contributed by atoms with E-state index < -0.39 is 10.0 Å². The van der Waals surface area contributed by atoms with E-state index in [0.29, 0.717) is 38.4 Å². The molecule has 186 valence electrons. The molecule has 3 rings (SSSR count). The number of carbonyl (C=O) groups excluding carboxylic acids is 1. The molecule has 1 aliphatic rings. The highest BCUT2D eigenvalue weighted by molar-refractivity contribution is 7.89. The van der Waals surface area contributed by atoms with Crippen LogP contribution in [0, 0.1) is 0 Å². The van der Waals surface area contributed by atoms with Gasteiger partial charge in [0.05, 0.1) is 18.6 Å². The number of methoxy groups -OCH3 is 1. The van der Waals surface area contributed by atoms with Crippen molar-refractivity contribution < 1.29 is 22.7 Å². The maximum absolute atomic E-state index is 13.0. The second-order valence-corrected chi connectivity index (χ2v) is 10.4. The van der Waals surface area contributed by atoms with E-state index >= 15 is 0 Å². The van der Waals surface area contributed by atoms with Gasteiger partial charge in [-0.3, -0.25) is 4.79 Å². The van der Waals surface area contributed by atoms with Crippen LogP contribution in [-0.4, -0.2) is 52.0 Å². The molecule has 1 heterocycles. The van der Waals surface area contributed by atoms with E-state index in [2.05, 4.69) is 5.32 Å². The van der Waals surface area contributed by atoms with Crippen molar-refractivity contribution in [1.29, 1.82) is 0 Å². The molecule has 8 heteroatoms. The van der Waals surface area contributed by atoms with E-state index in [9.17, 15) is 13.2 Å². The molecule has 0 saturated carbocycles. The fraction of sp³-hybridized carbons (Fsp3) is 0.500. The molecule has 0 unspecified atom stereocenters. The summed E-state index contributed by atoms with van der Waals surface area (Å²) in [6.07, 6.45) is 5.24. The molecule has 0 aliphatic carbocycles. The van der Waals surface area contributed by atoms with Gasteiger partial charge in [0.2, 0.25) is 15.9 Å². The van der Waals surface area contributed by atoms with Gasteiger partial charge in [0.15, 0.2) is 0 Å². The summed E-state index contributed by atoms with van der Waals surface area (Å²) in [6, 6.07) is 12.9. The highest BCUT2D eigenvalue weighted by atomic mass is 32.2. The number of hydrogen-bond acceptors (Lipinski definition) is 5. The Hall–Kier alpha value is -2.58. The van der Waals surface area contributed by atoms with E-state index in [0.717, 1.165) is 43.4 Å². The molecule has 1 fully saturated rings. The molecule has 1 aliphatic heterocycles. The van der Waals surface area contributed by atoms with Crippen LogP contribution < -0.4 is 14.8 Å². The Morgan fingerprint density at radius 1 is 1.03 bits per heavy atom. The average Bonchev–Trinajstić information content (AvgIpc) is 2.86. The third kappa shape index (κ3) is 7.21. The van der Waals surface area contributed by atoms with Crippen molar-refractivity contribution in [2.45, 2.75) is 56.8 Å². The van der Waals surface area contributed by atoms with Gasteiger partial charge < -0.3 is 14.8 Å². The fourth-order valence-corrected chi connectivity index (χ4v) is 5.71. The number of nitrogens with one attached hydrogen (secondary N) is 1. The highest BCUT2D eigenvalue weighted by Crippen LogP contribution is 2.27. The first kappa shape index (κ1) is 26.0. The van der Waals surface area contributed by atoms with Crippen molar-refractivity contribution >= 4 is 15.9 Å². The zero-order valence-electron chi connectivity index (χ0n) is 20.2. The molecule has 0 spiro atoms. The molecule has 7 nitrogen and oxygen atoms in total. The van der Waals surface area contributed by atoms with Crippen LogP contribution in [0.4, 0.5) is 0 Å². The summed E-state index contributed by atoms with van der Waals surface area (Å²) in [4.78, 5) is 12.6. The zero-order chi connectivity index (χ0) is 24.4. The Balaban J connectivity index is 1.49. The average molecular weight is 489 g/mol. The first-order valence-electron chi connectivity index (χ1n) is 12.1. The van der Waals surface area contributed by atoms with Crippen LogP contribution in [0.1, 0.15) is 50.2 Å². The first-order chi connectivity index (χ1) is 16.4. The molecule has 2 aromatic carbocycles. The lowest BCUT2D eigenvalue weighted by Gasteiger charge is -2.26. The van der Waals surface area contributed by atoms with Gasteiger partial charge >= 0.3 is 0 Å². The summed E-state index contributed by atoms with van der Waals surface area (Å²) in [5.41, 5.74) is 1.93. The standard InChI is InChI=1S/C26H36N2O5S/c1-3-33-23-12-9-21(10-13-23)8-7-17-27-26(29)16-11-22-20-24(14-15-25(22)32-2)34(30,31)28-18-5-4-6-19-28/h9-10,12-15,20H,3-8,11,16-19H2,1-2H3,(H,27,29). The van der Waals surface area contributed by atoms with Gasteiger partial charge in [-0.15, -0.1) is 0 Å². The molecule has 34 heavy (non-hydrogen) atoms.